The summed E-state index contributed by atoms with van der Waals surface area (Å²) in [6.07, 6.45) is 0. The minimum absolute atomic E-state index is 0.222. The molecular weight excluding hydrogens is 314 g/mol. The Labute approximate surface area is 128 Å². The van der Waals surface area contributed by atoms with Gasteiger partial charge in [0.15, 0.2) is 0 Å². The van der Waals surface area contributed by atoms with Gasteiger partial charge in [-0.25, -0.2) is 0 Å². The highest BCUT2D eigenvalue weighted by atomic mass is 79.9. The first kappa shape index (κ1) is 13.7. The van der Waals surface area contributed by atoms with Crippen LogP contribution in [0.2, 0.25) is 0 Å². The van der Waals surface area contributed by atoms with Gasteiger partial charge in [0.05, 0.1) is 19.3 Å². The molecule has 2 nitrogen and oxygen atoms in total. The summed E-state index contributed by atoms with van der Waals surface area (Å²) in [6.45, 7) is 5.67. The highest BCUT2D eigenvalue weighted by Crippen LogP contribution is 2.30. The van der Waals surface area contributed by atoms with E-state index in [1.807, 2.05) is 0 Å². The molecule has 0 fully saturated rings. The van der Waals surface area contributed by atoms with Crippen molar-refractivity contribution in [1.82, 2.24) is 0 Å². The third-order valence-electron chi connectivity index (χ3n) is 3.75. The first-order valence-corrected chi connectivity index (χ1v) is 7.63. The molecule has 1 unspecified atom stereocenters. The summed E-state index contributed by atoms with van der Waals surface area (Å²) in [4.78, 5) is 0. The Bertz CT molecular complexity index is 616. The number of nitrogens with one attached hydrogen (secondary N) is 1. The number of hydrogen-bond donors (Lipinski definition) is 1. The van der Waals surface area contributed by atoms with Gasteiger partial charge < -0.3 is 10.1 Å². The van der Waals surface area contributed by atoms with Crippen LogP contribution < -0.4 is 5.32 Å². The summed E-state index contributed by atoms with van der Waals surface area (Å²) in [5, 5.41) is 3.60. The lowest BCUT2D eigenvalue weighted by atomic mass is 9.98. The van der Waals surface area contributed by atoms with Crippen molar-refractivity contribution in [3.63, 3.8) is 0 Å². The summed E-state index contributed by atoms with van der Waals surface area (Å²) in [7, 11) is 0. The zero-order valence-electron chi connectivity index (χ0n) is 11.7. The summed E-state index contributed by atoms with van der Waals surface area (Å²) >= 11 is 3.61. The van der Waals surface area contributed by atoms with Gasteiger partial charge in [0.1, 0.15) is 0 Å². The van der Waals surface area contributed by atoms with Crippen LogP contribution in [0.25, 0.3) is 0 Å². The predicted octanol–water partition coefficient (Wildman–Crippen LogP) is 4.75. The van der Waals surface area contributed by atoms with E-state index in [0.29, 0.717) is 13.2 Å². The van der Waals surface area contributed by atoms with Crippen molar-refractivity contribution in [3.8, 4) is 0 Å². The molecule has 0 amide bonds. The Hall–Kier alpha value is -1.32. The lowest BCUT2D eigenvalue weighted by Gasteiger charge is -2.27. The maximum Gasteiger partial charge on any atom is 0.0751 e. The number of rotatable bonds is 2. The highest BCUT2D eigenvalue weighted by molar-refractivity contribution is 9.10. The van der Waals surface area contributed by atoms with Crippen molar-refractivity contribution in [3.05, 3.63) is 63.1 Å². The first-order chi connectivity index (χ1) is 9.65. The first-order valence-electron chi connectivity index (χ1n) is 6.84. The van der Waals surface area contributed by atoms with E-state index in [9.17, 15) is 0 Å². The lowest BCUT2D eigenvalue weighted by molar-refractivity contribution is 0.0970. The van der Waals surface area contributed by atoms with Crippen molar-refractivity contribution in [2.75, 3.05) is 11.9 Å². The molecule has 0 radical (unpaired) electrons. The quantitative estimate of drug-likeness (QED) is 0.857. The molecule has 3 rings (SSSR count). The molecule has 1 atom stereocenters. The molecule has 1 aliphatic rings. The fourth-order valence-corrected chi connectivity index (χ4v) is 2.96. The van der Waals surface area contributed by atoms with E-state index in [4.69, 9.17) is 4.74 Å². The smallest absolute Gasteiger partial charge is 0.0751 e. The monoisotopic (exact) mass is 331 g/mol. The van der Waals surface area contributed by atoms with E-state index in [-0.39, 0.29) is 6.04 Å². The van der Waals surface area contributed by atoms with E-state index in [0.717, 1.165) is 5.69 Å². The van der Waals surface area contributed by atoms with Gasteiger partial charge in [-0.15, -0.1) is 0 Å². The number of fused-ring (bicyclic) bond motifs is 1. The van der Waals surface area contributed by atoms with Crippen LogP contribution in [0.5, 0.6) is 0 Å². The van der Waals surface area contributed by atoms with Crippen LogP contribution in [0.15, 0.2) is 40.9 Å². The van der Waals surface area contributed by atoms with E-state index in [1.165, 1.54) is 26.7 Å². The fourth-order valence-electron chi connectivity index (χ4n) is 2.73. The van der Waals surface area contributed by atoms with E-state index in [2.05, 4.69) is 71.5 Å². The average Bonchev–Trinajstić information content (AvgIpc) is 2.45. The van der Waals surface area contributed by atoms with E-state index < -0.39 is 0 Å². The number of hydrogen-bond acceptors (Lipinski definition) is 2. The van der Waals surface area contributed by atoms with Crippen LogP contribution in [0, 0.1) is 13.8 Å². The Morgan fingerprint density at radius 2 is 1.85 bits per heavy atom. The lowest BCUT2D eigenvalue weighted by Crippen LogP contribution is -2.23. The molecule has 2 aromatic carbocycles. The van der Waals surface area contributed by atoms with Crippen LogP contribution >= 0.6 is 15.9 Å². The molecule has 1 N–H and O–H groups in total. The second kappa shape index (κ2) is 5.58. The van der Waals surface area contributed by atoms with Gasteiger partial charge in [-0.05, 0) is 48.2 Å². The third kappa shape index (κ3) is 2.60. The number of anilines is 1. The second-order valence-corrected chi connectivity index (χ2v) is 6.13. The van der Waals surface area contributed by atoms with Crippen LogP contribution in [-0.2, 0) is 11.3 Å². The van der Waals surface area contributed by atoms with Gasteiger partial charge in [0.25, 0.3) is 0 Å². The molecule has 1 aliphatic heterocycles. The molecule has 3 heteroatoms. The largest absolute Gasteiger partial charge is 0.376 e. The van der Waals surface area contributed by atoms with Gasteiger partial charge >= 0.3 is 0 Å². The minimum Gasteiger partial charge on any atom is -0.376 e. The highest BCUT2D eigenvalue weighted by Gasteiger charge is 2.20. The van der Waals surface area contributed by atoms with Crippen LogP contribution in [0.3, 0.4) is 0 Å². The Kier molecular flexibility index (Phi) is 3.81. The molecule has 0 bridgehead atoms. The van der Waals surface area contributed by atoms with Crippen LogP contribution in [0.4, 0.5) is 5.69 Å². The molecule has 2 aromatic rings. The minimum atomic E-state index is 0.222. The molecule has 0 aromatic heterocycles. The average molecular weight is 332 g/mol. The van der Waals surface area contributed by atoms with Crippen molar-refractivity contribution in [1.29, 1.82) is 0 Å². The Morgan fingerprint density at radius 3 is 2.60 bits per heavy atom. The van der Waals surface area contributed by atoms with Crippen LogP contribution in [0.1, 0.15) is 28.3 Å². The number of ether oxygens (including phenoxy) is 1. The standard InChI is InChI=1S/C17H18BrNO/c1-11-7-14(8-12(2)17(11)18)19-16-10-20-9-13-5-3-4-6-15(13)16/h3-8,16,19H,9-10H2,1-2H3. The van der Waals surface area contributed by atoms with Crippen LogP contribution in [-0.4, -0.2) is 6.61 Å². The summed E-state index contributed by atoms with van der Waals surface area (Å²) < 4.78 is 6.88. The maximum absolute atomic E-state index is 5.69. The van der Waals surface area contributed by atoms with Gasteiger partial charge in [-0.2, -0.15) is 0 Å². The van der Waals surface area contributed by atoms with E-state index in [1.54, 1.807) is 0 Å². The molecular formula is C17H18BrNO. The summed E-state index contributed by atoms with van der Waals surface area (Å²) in [6, 6.07) is 13.1. The number of halogens is 1. The molecule has 0 saturated carbocycles. The maximum atomic E-state index is 5.69. The number of benzene rings is 2. The SMILES string of the molecule is Cc1cc(NC2COCc3ccccc32)cc(C)c1Br. The molecule has 0 aliphatic carbocycles. The third-order valence-corrected chi connectivity index (χ3v) is 5.00. The van der Waals surface area contributed by atoms with Gasteiger partial charge in [-0.3, -0.25) is 0 Å². The summed E-state index contributed by atoms with van der Waals surface area (Å²) in [5.74, 6) is 0. The van der Waals surface area contributed by atoms with Crippen molar-refractivity contribution < 1.29 is 4.74 Å². The zero-order chi connectivity index (χ0) is 14.1. The number of aryl methyl sites for hydroxylation is 2. The Balaban J connectivity index is 1.89. The molecule has 104 valence electrons. The van der Waals surface area contributed by atoms with Gasteiger partial charge in [0, 0.05) is 10.2 Å². The summed E-state index contributed by atoms with van der Waals surface area (Å²) in [5.41, 5.74) is 6.27. The van der Waals surface area contributed by atoms with Crippen molar-refractivity contribution in [2.45, 2.75) is 26.5 Å². The second-order valence-electron chi connectivity index (χ2n) is 5.33. The predicted molar refractivity (Wildman–Crippen MR) is 86.1 cm³/mol. The van der Waals surface area contributed by atoms with Crippen molar-refractivity contribution in [2.24, 2.45) is 0 Å². The molecule has 1 heterocycles. The molecule has 0 saturated heterocycles. The zero-order valence-corrected chi connectivity index (χ0v) is 13.3. The Morgan fingerprint density at radius 1 is 1.15 bits per heavy atom. The molecule has 0 spiro atoms. The fraction of sp³-hybridized carbons (Fsp3) is 0.294. The van der Waals surface area contributed by atoms with Gasteiger partial charge in [0.2, 0.25) is 0 Å². The van der Waals surface area contributed by atoms with E-state index >= 15 is 0 Å². The normalized spacial score (nSPS) is 17.6. The molecule has 20 heavy (non-hydrogen) atoms. The van der Waals surface area contributed by atoms with Gasteiger partial charge in [-0.1, -0.05) is 40.2 Å². The van der Waals surface area contributed by atoms with Crippen molar-refractivity contribution >= 4 is 21.6 Å². The topological polar surface area (TPSA) is 21.3 Å².